The van der Waals surface area contributed by atoms with Crippen LogP contribution in [-0.4, -0.2) is 25.3 Å². The molecule has 0 fully saturated rings. The van der Waals surface area contributed by atoms with Gasteiger partial charge in [-0.05, 0) is 18.9 Å². The van der Waals surface area contributed by atoms with E-state index >= 15 is 0 Å². The van der Waals surface area contributed by atoms with Crippen LogP contribution in [0.3, 0.4) is 0 Å². The fraction of sp³-hybridized carbons (Fsp3) is 0.625. The first-order valence-electron chi connectivity index (χ1n) is 4.24. The molecule has 5 nitrogen and oxygen atoms in total. The van der Waals surface area contributed by atoms with Gasteiger partial charge in [0.2, 0.25) is 0 Å². The van der Waals surface area contributed by atoms with Gasteiger partial charge in [0.1, 0.15) is 5.66 Å². The van der Waals surface area contributed by atoms with Crippen molar-refractivity contribution in [3.8, 4) is 0 Å². The molecule has 0 spiro atoms. The summed E-state index contributed by atoms with van der Waals surface area (Å²) in [5.74, 6) is 0.363. The second-order valence-electron chi connectivity index (χ2n) is 3.06. The lowest BCUT2D eigenvalue weighted by atomic mass is 10.1. The van der Waals surface area contributed by atoms with Crippen LogP contribution < -0.4 is 16.8 Å². The Labute approximate surface area is 77.8 Å². The van der Waals surface area contributed by atoms with Gasteiger partial charge in [0, 0.05) is 19.9 Å². The molecule has 13 heavy (non-hydrogen) atoms. The second-order valence-corrected chi connectivity index (χ2v) is 3.06. The number of nitrogens with zero attached hydrogens (tertiary/aromatic N) is 1. The average Bonchev–Trinajstić information content (AvgIpc) is 2.04. The molecule has 1 aliphatic heterocycles. The summed E-state index contributed by atoms with van der Waals surface area (Å²) in [6, 6.07) is 0. The number of rotatable bonds is 4. The molecule has 0 aromatic heterocycles. The number of aliphatic imine (C=N–C) groups is 1. The minimum absolute atomic E-state index is 0.363. The SMILES string of the molecule is COCCCC1(N)C=CNC(N)=N1. The third-order valence-corrected chi connectivity index (χ3v) is 1.86. The van der Waals surface area contributed by atoms with Crippen LogP contribution in [0, 0.1) is 0 Å². The molecule has 0 saturated heterocycles. The monoisotopic (exact) mass is 184 g/mol. The third kappa shape index (κ3) is 3.04. The Morgan fingerprint density at radius 2 is 2.46 bits per heavy atom. The summed E-state index contributed by atoms with van der Waals surface area (Å²) in [4.78, 5) is 4.10. The van der Waals surface area contributed by atoms with Gasteiger partial charge in [0.15, 0.2) is 5.96 Å². The third-order valence-electron chi connectivity index (χ3n) is 1.86. The van der Waals surface area contributed by atoms with Gasteiger partial charge in [0.25, 0.3) is 0 Å². The number of hydrogen-bond donors (Lipinski definition) is 3. The van der Waals surface area contributed by atoms with Gasteiger partial charge >= 0.3 is 0 Å². The van der Waals surface area contributed by atoms with Gasteiger partial charge in [0.05, 0.1) is 0 Å². The first kappa shape index (κ1) is 10.0. The summed E-state index contributed by atoms with van der Waals surface area (Å²) < 4.78 is 4.93. The lowest BCUT2D eigenvalue weighted by Gasteiger charge is -2.24. The molecule has 1 unspecified atom stereocenters. The number of nitrogens with two attached hydrogens (primary N) is 2. The molecular weight excluding hydrogens is 168 g/mol. The summed E-state index contributed by atoms with van der Waals surface area (Å²) in [5, 5.41) is 2.76. The number of guanidine groups is 1. The molecule has 0 saturated carbocycles. The Morgan fingerprint density at radius 3 is 3.08 bits per heavy atom. The van der Waals surface area contributed by atoms with Gasteiger partial charge < -0.3 is 21.5 Å². The fourth-order valence-electron chi connectivity index (χ4n) is 1.20. The molecule has 1 heterocycles. The quantitative estimate of drug-likeness (QED) is 0.514. The molecule has 0 amide bonds. The maximum Gasteiger partial charge on any atom is 0.194 e. The molecule has 0 radical (unpaired) electrons. The fourth-order valence-corrected chi connectivity index (χ4v) is 1.20. The molecular formula is C8H16N4O. The molecule has 0 aliphatic carbocycles. The van der Waals surface area contributed by atoms with Gasteiger partial charge in [-0.25, -0.2) is 4.99 Å². The van der Waals surface area contributed by atoms with Crippen molar-refractivity contribution in [2.45, 2.75) is 18.5 Å². The van der Waals surface area contributed by atoms with E-state index in [2.05, 4.69) is 10.3 Å². The highest BCUT2D eigenvalue weighted by molar-refractivity contribution is 5.80. The number of ether oxygens (including phenoxy) is 1. The van der Waals surface area contributed by atoms with E-state index in [1.54, 1.807) is 19.4 Å². The highest BCUT2D eigenvalue weighted by atomic mass is 16.5. The molecule has 5 heteroatoms. The van der Waals surface area contributed by atoms with Crippen molar-refractivity contribution >= 4 is 5.96 Å². The molecule has 1 rings (SSSR count). The lowest BCUT2D eigenvalue weighted by molar-refractivity contribution is 0.187. The van der Waals surface area contributed by atoms with Gasteiger partial charge in [-0.2, -0.15) is 0 Å². The molecule has 0 aromatic rings. The maximum atomic E-state index is 5.94. The van der Waals surface area contributed by atoms with E-state index in [0.717, 1.165) is 12.8 Å². The van der Waals surface area contributed by atoms with Gasteiger partial charge in [-0.15, -0.1) is 0 Å². The summed E-state index contributed by atoms with van der Waals surface area (Å²) in [6.07, 6.45) is 5.13. The normalized spacial score (nSPS) is 26.8. The first-order chi connectivity index (χ1) is 6.16. The van der Waals surface area contributed by atoms with Crippen molar-refractivity contribution in [1.82, 2.24) is 5.32 Å². The van der Waals surface area contributed by atoms with Crippen LogP contribution in [0.1, 0.15) is 12.8 Å². The number of hydrogen-bond acceptors (Lipinski definition) is 5. The largest absolute Gasteiger partial charge is 0.385 e. The highest BCUT2D eigenvalue weighted by Gasteiger charge is 2.22. The zero-order valence-electron chi connectivity index (χ0n) is 7.79. The standard InChI is InChI=1S/C8H16N4O/c1-13-6-2-3-8(10)4-5-11-7(9)12-8/h4-5H,2-3,6,10H2,1H3,(H3,9,11,12). The topological polar surface area (TPSA) is 85.7 Å². The van der Waals surface area contributed by atoms with Crippen LogP contribution in [0.15, 0.2) is 17.3 Å². The maximum absolute atomic E-state index is 5.94. The second kappa shape index (κ2) is 4.25. The zero-order valence-corrected chi connectivity index (χ0v) is 7.79. The van der Waals surface area contributed by atoms with Crippen molar-refractivity contribution in [2.75, 3.05) is 13.7 Å². The summed E-state index contributed by atoms with van der Waals surface area (Å²) in [7, 11) is 1.67. The zero-order chi connectivity index (χ0) is 9.73. The van der Waals surface area contributed by atoms with E-state index in [9.17, 15) is 0 Å². The summed E-state index contributed by atoms with van der Waals surface area (Å²) in [5.41, 5.74) is 10.8. The Morgan fingerprint density at radius 1 is 1.69 bits per heavy atom. The summed E-state index contributed by atoms with van der Waals surface area (Å²) in [6.45, 7) is 0.690. The smallest absolute Gasteiger partial charge is 0.194 e. The van der Waals surface area contributed by atoms with Crippen molar-refractivity contribution < 1.29 is 4.74 Å². The molecule has 0 aromatic carbocycles. The molecule has 0 bridgehead atoms. The van der Waals surface area contributed by atoms with Crippen LogP contribution in [0.5, 0.6) is 0 Å². The van der Waals surface area contributed by atoms with E-state index in [-0.39, 0.29) is 0 Å². The van der Waals surface area contributed by atoms with Crippen molar-refractivity contribution in [1.29, 1.82) is 0 Å². The van der Waals surface area contributed by atoms with E-state index in [1.807, 2.05) is 0 Å². The Balaban J connectivity index is 2.45. The van der Waals surface area contributed by atoms with Gasteiger partial charge in [-0.3, -0.25) is 0 Å². The first-order valence-corrected chi connectivity index (χ1v) is 4.24. The van der Waals surface area contributed by atoms with Crippen molar-refractivity contribution in [3.63, 3.8) is 0 Å². The predicted octanol–water partition coefficient (Wildman–Crippen LogP) is -0.500. The average molecular weight is 184 g/mol. The van der Waals surface area contributed by atoms with E-state index in [4.69, 9.17) is 16.2 Å². The minimum atomic E-state index is -0.659. The van der Waals surface area contributed by atoms with Crippen molar-refractivity contribution in [3.05, 3.63) is 12.3 Å². The molecule has 1 atom stereocenters. The number of nitrogens with one attached hydrogen (secondary N) is 1. The highest BCUT2D eigenvalue weighted by Crippen LogP contribution is 2.14. The van der Waals surface area contributed by atoms with E-state index in [0.29, 0.717) is 12.6 Å². The Hall–Kier alpha value is -1.07. The predicted molar refractivity (Wildman–Crippen MR) is 51.9 cm³/mol. The van der Waals surface area contributed by atoms with Gasteiger partial charge in [-0.1, -0.05) is 0 Å². The van der Waals surface area contributed by atoms with Crippen LogP contribution >= 0.6 is 0 Å². The van der Waals surface area contributed by atoms with Crippen LogP contribution in [-0.2, 0) is 4.74 Å². The summed E-state index contributed by atoms with van der Waals surface area (Å²) >= 11 is 0. The van der Waals surface area contributed by atoms with Crippen LogP contribution in [0.25, 0.3) is 0 Å². The number of methoxy groups -OCH3 is 1. The Kier molecular flexibility index (Phi) is 3.27. The van der Waals surface area contributed by atoms with E-state index in [1.165, 1.54) is 0 Å². The molecule has 74 valence electrons. The lowest BCUT2D eigenvalue weighted by Crippen LogP contribution is -2.44. The Bertz CT molecular complexity index is 226. The minimum Gasteiger partial charge on any atom is -0.385 e. The van der Waals surface area contributed by atoms with Crippen LogP contribution in [0.4, 0.5) is 0 Å². The molecule has 5 N–H and O–H groups in total. The van der Waals surface area contributed by atoms with E-state index < -0.39 is 5.66 Å². The van der Waals surface area contributed by atoms with Crippen molar-refractivity contribution in [2.24, 2.45) is 16.5 Å². The van der Waals surface area contributed by atoms with Crippen LogP contribution in [0.2, 0.25) is 0 Å². The molecule has 1 aliphatic rings.